The van der Waals surface area contributed by atoms with Gasteiger partial charge in [-0.25, -0.2) is 0 Å². The van der Waals surface area contributed by atoms with Crippen LogP contribution in [0.2, 0.25) is 0 Å². The van der Waals surface area contributed by atoms with Gasteiger partial charge >= 0.3 is 0 Å². The lowest BCUT2D eigenvalue weighted by Gasteiger charge is -1.88. The summed E-state index contributed by atoms with van der Waals surface area (Å²) < 4.78 is 0. The minimum Gasteiger partial charge on any atom is -0.0802 e. The average Bonchev–Trinajstić information content (AvgIpc) is 2.15. The molecule has 0 aliphatic heterocycles. The Morgan fingerprint density at radius 2 is 2.38 bits per heavy atom. The molecule has 1 radical (unpaired) electrons. The molecule has 41 valence electrons. The highest BCUT2D eigenvalue weighted by Crippen LogP contribution is 2.32. The lowest BCUT2D eigenvalue weighted by Crippen LogP contribution is -1.68. The van der Waals surface area contributed by atoms with Crippen molar-refractivity contribution in [3.63, 3.8) is 0 Å². The maximum Gasteiger partial charge on any atom is -0.00904 e. The minimum absolute atomic E-state index is 1.23. The summed E-state index contributed by atoms with van der Waals surface area (Å²) in [5.74, 6) is 0. The maximum absolute atomic E-state index is 2.33. The lowest BCUT2D eigenvalue weighted by atomic mass is 10.2. The molecule has 0 unspecified atom stereocenters. The highest BCUT2D eigenvalue weighted by Gasteiger charge is 2.14. The summed E-state index contributed by atoms with van der Waals surface area (Å²) in [4.78, 5) is 0. The lowest BCUT2D eigenvalue weighted by molar-refractivity contribution is 0.973. The van der Waals surface area contributed by atoms with E-state index in [2.05, 4.69) is 18.6 Å². The van der Waals surface area contributed by atoms with Crippen LogP contribution in [-0.2, 0) is 0 Å². The van der Waals surface area contributed by atoms with Gasteiger partial charge in [0.05, 0.1) is 0 Å². The molecule has 2 rings (SSSR count). The number of hydrogen-bond donors (Lipinski definition) is 0. The third-order valence-electron chi connectivity index (χ3n) is 1.88. The third-order valence-corrected chi connectivity index (χ3v) is 1.88. The first-order valence-corrected chi connectivity index (χ1v) is 3.18. The van der Waals surface area contributed by atoms with E-state index in [1.807, 2.05) is 0 Å². The van der Waals surface area contributed by atoms with Gasteiger partial charge in [0.25, 0.3) is 0 Å². The standard InChI is InChI=1S/C8H9/c1-3-7-5-2-6-8(7)4-1/h1,3,5H,2,4,6H2. The summed E-state index contributed by atoms with van der Waals surface area (Å²) >= 11 is 0. The minimum atomic E-state index is 1.23. The largest absolute Gasteiger partial charge is 0.0802 e. The molecule has 0 N–H and O–H groups in total. The molecule has 0 spiro atoms. The molecule has 0 heterocycles. The molecule has 8 heavy (non-hydrogen) atoms. The van der Waals surface area contributed by atoms with Crippen molar-refractivity contribution >= 4 is 0 Å². The van der Waals surface area contributed by atoms with Gasteiger partial charge in [-0.2, -0.15) is 0 Å². The summed E-state index contributed by atoms with van der Waals surface area (Å²) in [7, 11) is 0. The van der Waals surface area contributed by atoms with E-state index < -0.39 is 0 Å². The number of hydrogen-bond acceptors (Lipinski definition) is 0. The summed E-state index contributed by atoms with van der Waals surface area (Å²) in [6.45, 7) is 0. The zero-order valence-electron chi connectivity index (χ0n) is 4.85. The normalized spacial score (nSPS) is 25.0. The molecule has 0 aromatic carbocycles. The van der Waals surface area contributed by atoms with Crippen molar-refractivity contribution in [2.75, 3.05) is 0 Å². The maximum atomic E-state index is 2.33. The topological polar surface area (TPSA) is 0 Å². The summed E-state index contributed by atoms with van der Waals surface area (Å²) in [5.41, 5.74) is 3.18. The van der Waals surface area contributed by atoms with Crippen molar-refractivity contribution < 1.29 is 0 Å². The molecule has 0 bridgehead atoms. The van der Waals surface area contributed by atoms with E-state index in [4.69, 9.17) is 0 Å². The van der Waals surface area contributed by atoms with Crippen LogP contribution in [0, 0.1) is 6.42 Å². The van der Waals surface area contributed by atoms with Crippen LogP contribution in [0.4, 0.5) is 0 Å². The van der Waals surface area contributed by atoms with Crippen molar-refractivity contribution in [3.05, 3.63) is 29.7 Å². The van der Waals surface area contributed by atoms with E-state index in [-0.39, 0.29) is 0 Å². The molecule has 0 saturated heterocycles. The van der Waals surface area contributed by atoms with Crippen molar-refractivity contribution in [2.24, 2.45) is 0 Å². The molecular formula is C8H9. The van der Waals surface area contributed by atoms with Crippen molar-refractivity contribution in [2.45, 2.75) is 19.3 Å². The van der Waals surface area contributed by atoms with Gasteiger partial charge in [-0.3, -0.25) is 0 Å². The molecule has 0 saturated carbocycles. The second-order valence-electron chi connectivity index (χ2n) is 2.41. The van der Waals surface area contributed by atoms with Crippen LogP contribution in [-0.4, -0.2) is 0 Å². The molecule has 2 aliphatic rings. The van der Waals surface area contributed by atoms with Gasteiger partial charge in [0.15, 0.2) is 0 Å². The molecule has 2 aliphatic carbocycles. The molecule has 0 aromatic rings. The third kappa shape index (κ3) is 0.459. The van der Waals surface area contributed by atoms with Crippen molar-refractivity contribution in [1.82, 2.24) is 0 Å². The van der Waals surface area contributed by atoms with Crippen LogP contribution < -0.4 is 0 Å². The van der Waals surface area contributed by atoms with Gasteiger partial charge in [0, 0.05) is 0 Å². The smallest absolute Gasteiger partial charge is 0.00904 e. The van der Waals surface area contributed by atoms with Crippen LogP contribution in [0.5, 0.6) is 0 Å². The first-order valence-electron chi connectivity index (χ1n) is 3.18. The molecule has 0 nitrogen and oxygen atoms in total. The van der Waals surface area contributed by atoms with E-state index in [0.29, 0.717) is 0 Å². The molecule has 0 fully saturated rings. The second kappa shape index (κ2) is 1.48. The fourth-order valence-electron chi connectivity index (χ4n) is 1.42. The van der Waals surface area contributed by atoms with Gasteiger partial charge in [0.2, 0.25) is 0 Å². The molecule has 0 aromatic heterocycles. The van der Waals surface area contributed by atoms with Crippen LogP contribution in [0.25, 0.3) is 0 Å². The summed E-state index contributed by atoms with van der Waals surface area (Å²) in [6.07, 6.45) is 10.7. The highest BCUT2D eigenvalue weighted by molar-refractivity contribution is 5.42. The quantitative estimate of drug-likeness (QED) is 0.443. The Bertz CT molecular complexity index is 161. The number of allylic oxidation sites excluding steroid dienone is 4. The molecule has 0 amide bonds. The monoisotopic (exact) mass is 105 g/mol. The van der Waals surface area contributed by atoms with E-state index in [1.165, 1.54) is 24.8 Å². The van der Waals surface area contributed by atoms with Crippen LogP contribution in [0.15, 0.2) is 23.3 Å². The predicted octanol–water partition coefficient (Wildman–Crippen LogP) is 2.24. The Labute approximate surface area is 49.9 Å². The Hall–Kier alpha value is -0.520. The molecule has 0 heteroatoms. The van der Waals surface area contributed by atoms with E-state index in [0.717, 1.165) is 0 Å². The average molecular weight is 105 g/mol. The summed E-state index contributed by atoms with van der Waals surface area (Å²) in [5, 5.41) is 0. The Kier molecular flexibility index (Phi) is 0.806. The fraction of sp³-hybridized carbons (Fsp3) is 0.375. The fourth-order valence-corrected chi connectivity index (χ4v) is 1.42. The van der Waals surface area contributed by atoms with Gasteiger partial charge < -0.3 is 0 Å². The SMILES string of the molecule is [CH]1CCC2=C1C=CC2. The molecular weight excluding hydrogens is 96.1 g/mol. The Morgan fingerprint density at radius 3 is 3.25 bits per heavy atom. The van der Waals surface area contributed by atoms with Gasteiger partial charge in [-0.1, -0.05) is 17.7 Å². The Morgan fingerprint density at radius 1 is 1.38 bits per heavy atom. The van der Waals surface area contributed by atoms with E-state index in [9.17, 15) is 0 Å². The zero-order valence-corrected chi connectivity index (χ0v) is 4.85. The zero-order chi connectivity index (χ0) is 5.40. The van der Waals surface area contributed by atoms with Gasteiger partial charge in [0.1, 0.15) is 0 Å². The van der Waals surface area contributed by atoms with Crippen LogP contribution >= 0.6 is 0 Å². The number of rotatable bonds is 0. The van der Waals surface area contributed by atoms with Crippen molar-refractivity contribution in [3.8, 4) is 0 Å². The van der Waals surface area contributed by atoms with Crippen LogP contribution in [0.3, 0.4) is 0 Å². The van der Waals surface area contributed by atoms with Crippen molar-refractivity contribution in [1.29, 1.82) is 0 Å². The van der Waals surface area contributed by atoms with Crippen LogP contribution in [0.1, 0.15) is 19.3 Å². The first-order chi connectivity index (χ1) is 3.97. The first kappa shape index (κ1) is 4.37. The second-order valence-corrected chi connectivity index (χ2v) is 2.41. The predicted molar refractivity (Wildman–Crippen MR) is 34.3 cm³/mol. The van der Waals surface area contributed by atoms with Gasteiger partial charge in [-0.15, -0.1) is 0 Å². The van der Waals surface area contributed by atoms with Gasteiger partial charge in [-0.05, 0) is 31.3 Å². The highest BCUT2D eigenvalue weighted by atomic mass is 14.2. The molecule has 0 atom stereocenters. The Balaban J connectivity index is 2.33. The van der Waals surface area contributed by atoms with E-state index in [1.54, 1.807) is 5.57 Å². The van der Waals surface area contributed by atoms with E-state index >= 15 is 0 Å². The summed E-state index contributed by atoms with van der Waals surface area (Å²) in [6, 6.07) is 0.